The monoisotopic (exact) mass is 235 g/mol. The molecule has 2 aromatic rings. The van der Waals surface area contributed by atoms with E-state index in [1.807, 2.05) is 17.5 Å². The van der Waals surface area contributed by atoms with Gasteiger partial charge in [-0.15, -0.1) is 26.3 Å². The molecule has 1 saturated heterocycles. The van der Waals surface area contributed by atoms with Gasteiger partial charge in [-0.1, -0.05) is 0 Å². The molecule has 0 amide bonds. The first-order valence-electron chi connectivity index (χ1n) is 5.48. The van der Waals surface area contributed by atoms with Gasteiger partial charge in [0.05, 0.1) is 0 Å². The van der Waals surface area contributed by atoms with Gasteiger partial charge in [0.1, 0.15) is 5.00 Å². The highest BCUT2D eigenvalue weighted by atomic mass is 32.1. The van der Waals surface area contributed by atoms with Crippen LogP contribution in [-0.4, -0.2) is 33.3 Å². The Kier molecular flexibility index (Phi) is 2.67. The molecule has 3 heterocycles. The summed E-state index contributed by atoms with van der Waals surface area (Å²) in [6, 6.07) is 3.99. The number of piperidine rings is 1. The van der Waals surface area contributed by atoms with Crippen LogP contribution in [0.15, 0.2) is 17.5 Å². The Labute approximate surface area is 97.5 Å². The lowest BCUT2D eigenvalue weighted by Gasteiger charge is -2.19. The van der Waals surface area contributed by atoms with Crippen molar-refractivity contribution in [3.63, 3.8) is 0 Å². The van der Waals surface area contributed by atoms with Crippen molar-refractivity contribution in [3.05, 3.63) is 23.3 Å². The highest BCUT2D eigenvalue weighted by Gasteiger charge is 2.20. The second-order valence-corrected chi connectivity index (χ2v) is 4.86. The zero-order chi connectivity index (χ0) is 10.8. The maximum absolute atomic E-state index is 4.44. The second kappa shape index (κ2) is 4.31. The van der Waals surface area contributed by atoms with E-state index in [0.717, 1.165) is 30.3 Å². The number of hydrogen-bond donors (Lipinski definition) is 1. The quantitative estimate of drug-likeness (QED) is 0.849. The summed E-state index contributed by atoms with van der Waals surface area (Å²) in [6.45, 7) is 2.08. The highest BCUT2D eigenvalue weighted by Crippen LogP contribution is 2.20. The van der Waals surface area contributed by atoms with E-state index < -0.39 is 0 Å². The summed E-state index contributed by atoms with van der Waals surface area (Å²) in [7, 11) is 0. The number of nitrogens with zero attached hydrogens (tertiary/aromatic N) is 4. The molecule has 3 rings (SSSR count). The molecule has 1 N–H and O–H groups in total. The van der Waals surface area contributed by atoms with Crippen LogP contribution in [0.2, 0.25) is 0 Å². The summed E-state index contributed by atoms with van der Waals surface area (Å²) >= 11 is 1.62. The van der Waals surface area contributed by atoms with E-state index >= 15 is 0 Å². The lowest BCUT2D eigenvalue weighted by Crippen LogP contribution is -2.29. The topological polar surface area (TPSA) is 55.6 Å². The van der Waals surface area contributed by atoms with Gasteiger partial charge in [-0.25, -0.2) is 0 Å². The second-order valence-electron chi connectivity index (χ2n) is 3.93. The van der Waals surface area contributed by atoms with Crippen molar-refractivity contribution in [1.29, 1.82) is 0 Å². The fourth-order valence-corrected chi connectivity index (χ4v) is 2.56. The Morgan fingerprint density at radius 1 is 1.50 bits per heavy atom. The van der Waals surface area contributed by atoms with Gasteiger partial charge >= 0.3 is 0 Å². The molecule has 0 bridgehead atoms. The molecule has 5 nitrogen and oxygen atoms in total. The van der Waals surface area contributed by atoms with Crippen LogP contribution in [0.5, 0.6) is 0 Å². The van der Waals surface area contributed by atoms with E-state index in [0.29, 0.717) is 5.92 Å². The predicted molar refractivity (Wildman–Crippen MR) is 61.9 cm³/mol. The Balaban J connectivity index is 1.82. The molecule has 16 heavy (non-hydrogen) atoms. The summed E-state index contributed by atoms with van der Waals surface area (Å²) in [5.74, 6) is 1.28. The molecule has 84 valence electrons. The maximum atomic E-state index is 4.44. The Bertz CT molecular complexity index is 443. The van der Waals surface area contributed by atoms with E-state index in [2.05, 4.69) is 20.7 Å². The number of thiophene rings is 1. The van der Waals surface area contributed by atoms with Gasteiger partial charge in [0.2, 0.25) is 0 Å². The van der Waals surface area contributed by atoms with Gasteiger partial charge in [-0.2, -0.15) is 0 Å². The first-order valence-corrected chi connectivity index (χ1v) is 6.36. The molecule has 1 fully saturated rings. The molecule has 0 aliphatic carbocycles. The Morgan fingerprint density at radius 3 is 3.25 bits per heavy atom. The van der Waals surface area contributed by atoms with Crippen LogP contribution in [-0.2, 0) is 0 Å². The van der Waals surface area contributed by atoms with Crippen LogP contribution in [0, 0.1) is 0 Å². The van der Waals surface area contributed by atoms with Crippen molar-refractivity contribution in [3.8, 4) is 5.00 Å². The van der Waals surface area contributed by atoms with Crippen molar-refractivity contribution >= 4 is 11.3 Å². The standard InChI is InChI=1S/C10H13N5S/c1-3-8(7-11-5-1)10-12-14-15(13-10)9-4-2-6-16-9/h2,4,6,8,11H,1,3,5,7H2. The molecule has 0 aromatic carbocycles. The van der Waals surface area contributed by atoms with Crippen molar-refractivity contribution in [2.24, 2.45) is 0 Å². The van der Waals surface area contributed by atoms with Gasteiger partial charge in [0, 0.05) is 12.5 Å². The summed E-state index contributed by atoms with van der Waals surface area (Å²) in [5.41, 5.74) is 0. The molecule has 1 aliphatic heterocycles. The smallest absolute Gasteiger partial charge is 0.179 e. The molecular formula is C10H13N5S. The molecule has 2 aromatic heterocycles. The average Bonchev–Trinajstić information content (AvgIpc) is 3.01. The third-order valence-corrected chi connectivity index (χ3v) is 3.63. The zero-order valence-electron chi connectivity index (χ0n) is 8.83. The van der Waals surface area contributed by atoms with Crippen LogP contribution >= 0.6 is 11.3 Å². The van der Waals surface area contributed by atoms with Crippen LogP contribution in [0.1, 0.15) is 24.6 Å². The van der Waals surface area contributed by atoms with Gasteiger partial charge in [-0.05, 0) is 42.1 Å². The number of tetrazole rings is 1. The lowest BCUT2D eigenvalue weighted by atomic mass is 9.99. The van der Waals surface area contributed by atoms with E-state index in [4.69, 9.17) is 0 Å². The van der Waals surface area contributed by atoms with Crippen LogP contribution in [0.4, 0.5) is 0 Å². The van der Waals surface area contributed by atoms with Crippen molar-refractivity contribution in [1.82, 2.24) is 25.5 Å². The summed E-state index contributed by atoms with van der Waals surface area (Å²) in [5, 5.41) is 19.1. The van der Waals surface area contributed by atoms with Gasteiger partial charge < -0.3 is 5.32 Å². The third-order valence-electron chi connectivity index (χ3n) is 2.79. The largest absolute Gasteiger partial charge is 0.316 e. The summed E-state index contributed by atoms with van der Waals surface area (Å²) in [6.07, 6.45) is 2.35. The van der Waals surface area contributed by atoms with E-state index in [1.54, 1.807) is 16.1 Å². The first-order chi connectivity index (χ1) is 7.93. The number of rotatable bonds is 2. The number of nitrogens with one attached hydrogen (secondary N) is 1. The van der Waals surface area contributed by atoms with Crippen molar-refractivity contribution in [2.45, 2.75) is 18.8 Å². The lowest BCUT2D eigenvalue weighted by molar-refractivity contribution is 0.446. The Morgan fingerprint density at radius 2 is 2.50 bits per heavy atom. The minimum absolute atomic E-state index is 0.419. The minimum atomic E-state index is 0.419. The molecule has 1 aliphatic rings. The number of hydrogen-bond acceptors (Lipinski definition) is 5. The Hall–Kier alpha value is -1.27. The van der Waals surface area contributed by atoms with Crippen LogP contribution in [0.25, 0.3) is 5.00 Å². The fraction of sp³-hybridized carbons (Fsp3) is 0.500. The summed E-state index contributed by atoms with van der Waals surface area (Å²) < 4.78 is 0. The molecule has 6 heteroatoms. The third kappa shape index (κ3) is 1.85. The van der Waals surface area contributed by atoms with Gasteiger partial charge in [0.15, 0.2) is 5.82 Å². The SMILES string of the molecule is c1csc(-n2nnc(C3CCCNC3)n2)c1. The molecule has 0 radical (unpaired) electrons. The highest BCUT2D eigenvalue weighted by molar-refractivity contribution is 7.12. The molecular weight excluding hydrogens is 222 g/mol. The van der Waals surface area contributed by atoms with Crippen molar-refractivity contribution < 1.29 is 0 Å². The molecule has 0 saturated carbocycles. The van der Waals surface area contributed by atoms with Crippen LogP contribution < -0.4 is 5.32 Å². The van der Waals surface area contributed by atoms with E-state index in [1.165, 1.54) is 6.42 Å². The normalized spacial score (nSPS) is 21.1. The van der Waals surface area contributed by atoms with E-state index in [-0.39, 0.29) is 0 Å². The average molecular weight is 235 g/mol. The molecule has 1 atom stereocenters. The van der Waals surface area contributed by atoms with Gasteiger partial charge in [-0.3, -0.25) is 0 Å². The van der Waals surface area contributed by atoms with Crippen molar-refractivity contribution in [2.75, 3.05) is 13.1 Å². The zero-order valence-corrected chi connectivity index (χ0v) is 9.65. The summed E-state index contributed by atoms with van der Waals surface area (Å²) in [4.78, 5) is 1.62. The van der Waals surface area contributed by atoms with E-state index in [9.17, 15) is 0 Å². The number of aromatic nitrogens is 4. The molecule has 1 unspecified atom stereocenters. The molecule has 0 spiro atoms. The van der Waals surface area contributed by atoms with Gasteiger partial charge in [0.25, 0.3) is 0 Å². The fourth-order valence-electron chi connectivity index (χ4n) is 1.94. The maximum Gasteiger partial charge on any atom is 0.179 e. The predicted octanol–water partition coefficient (Wildman–Crippen LogP) is 1.19. The first kappa shape index (κ1) is 9.92. The minimum Gasteiger partial charge on any atom is -0.316 e. The van der Waals surface area contributed by atoms with Crippen LogP contribution in [0.3, 0.4) is 0 Å².